The van der Waals surface area contributed by atoms with Crippen LogP contribution in [0.25, 0.3) is 28.0 Å². The lowest BCUT2D eigenvalue weighted by molar-refractivity contribution is 0.396. The maximum atomic E-state index is 5.19. The smallest absolute Gasteiger partial charge is 0.198 e. The van der Waals surface area contributed by atoms with E-state index in [0.29, 0.717) is 11.3 Å². The van der Waals surface area contributed by atoms with E-state index in [1.165, 1.54) is 0 Å². The standard InChI is InChI=1S/C25H33N7/c1-22(2,3)20-26-11-13-16(30-20)31-21(23(4,5)6)32-18(13)29-17-19(32)28-15-14(27-17)24(7,8)12-25(15,9)10/h11H,12H2,1-10H3. The zero-order chi connectivity index (χ0) is 23.4. The molecule has 0 aromatic carbocycles. The predicted octanol–water partition coefficient (Wildman–Crippen LogP) is 5.17. The second kappa shape index (κ2) is 6.00. The largest absolute Gasteiger partial charge is 0.262 e. The summed E-state index contributed by atoms with van der Waals surface area (Å²) in [7, 11) is 0. The van der Waals surface area contributed by atoms with E-state index in [1.807, 2.05) is 6.20 Å². The first-order valence-electron chi connectivity index (χ1n) is 11.4. The maximum absolute atomic E-state index is 5.19. The molecule has 7 heteroatoms. The van der Waals surface area contributed by atoms with Gasteiger partial charge in [0.1, 0.15) is 11.6 Å². The lowest BCUT2D eigenvalue weighted by atomic mass is 9.83. The van der Waals surface area contributed by atoms with Crippen LogP contribution in [-0.2, 0) is 21.7 Å². The van der Waals surface area contributed by atoms with E-state index in [9.17, 15) is 0 Å². The van der Waals surface area contributed by atoms with Crippen LogP contribution in [0.3, 0.4) is 0 Å². The number of imidazole rings is 1. The van der Waals surface area contributed by atoms with Gasteiger partial charge in [-0.3, -0.25) is 4.40 Å². The Morgan fingerprint density at radius 2 is 1.34 bits per heavy atom. The number of aromatic nitrogens is 7. The van der Waals surface area contributed by atoms with Gasteiger partial charge in [-0.05, 0) is 6.42 Å². The number of hydrogen-bond acceptors (Lipinski definition) is 6. The molecule has 4 aromatic heterocycles. The van der Waals surface area contributed by atoms with Crippen molar-refractivity contribution in [3.63, 3.8) is 0 Å². The third kappa shape index (κ3) is 2.93. The summed E-state index contributed by atoms with van der Waals surface area (Å²) >= 11 is 0. The second-order valence-corrected chi connectivity index (χ2v) is 12.6. The van der Waals surface area contributed by atoms with Crippen molar-refractivity contribution in [1.29, 1.82) is 0 Å². The van der Waals surface area contributed by atoms with E-state index in [2.05, 4.69) is 78.6 Å². The topological polar surface area (TPSA) is 81.8 Å². The van der Waals surface area contributed by atoms with Crippen molar-refractivity contribution in [1.82, 2.24) is 34.3 Å². The van der Waals surface area contributed by atoms with Gasteiger partial charge in [0.15, 0.2) is 22.6 Å². The number of fused-ring (bicyclic) bond motifs is 6. The zero-order valence-corrected chi connectivity index (χ0v) is 20.9. The van der Waals surface area contributed by atoms with Gasteiger partial charge in [-0.2, -0.15) is 0 Å². The predicted molar refractivity (Wildman–Crippen MR) is 127 cm³/mol. The molecule has 4 heterocycles. The molecule has 7 nitrogen and oxygen atoms in total. The molecular formula is C25H33N7. The van der Waals surface area contributed by atoms with Gasteiger partial charge in [0.25, 0.3) is 0 Å². The van der Waals surface area contributed by atoms with Gasteiger partial charge in [-0.1, -0.05) is 69.2 Å². The van der Waals surface area contributed by atoms with Crippen molar-refractivity contribution in [2.24, 2.45) is 0 Å². The first-order valence-corrected chi connectivity index (χ1v) is 11.4. The third-order valence-corrected chi connectivity index (χ3v) is 6.44. The van der Waals surface area contributed by atoms with Crippen molar-refractivity contribution in [3.8, 4) is 0 Å². The number of nitrogens with zero attached hydrogens (tertiary/aromatic N) is 7. The van der Waals surface area contributed by atoms with Crippen molar-refractivity contribution in [3.05, 3.63) is 29.2 Å². The summed E-state index contributed by atoms with van der Waals surface area (Å²) in [5.41, 5.74) is 4.52. The maximum Gasteiger partial charge on any atom is 0.198 e. The Morgan fingerprint density at radius 3 is 1.94 bits per heavy atom. The molecule has 0 bridgehead atoms. The molecule has 0 unspecified atom stereocenters. The Balaban J connectivity index is 1.94. The van der Waals surface area contributed by atoms with Gasteiger partial charge in [0, 0.05) is 27.9 Å². The van der Waals surface area contributed by atoms with Crippen LogP contribution in [-0.4, -0.2) is 34.3 Å². The molecule has 0 aliphatic heterocycles. The zero-order valence-electron chi connectivity index (χ0n) is 20.9. The molecule has 1 aliphatic carbocycles. The molecular weight excluding hydrogens is 398 g/mol. The van der Waals surface area contributed by atoms with Crippen molar-refractivity contribution < 1.29 is 0 Å². The Kier molecular flexibility index (Phi) is 3.97. The summed E-state index contributed by atoms with van der Waals surface area (Å²) in [6.07, 6.45) is 2.87. The van der Waals surface area contributed by atoms with Gasteiger partial charge >= 0.3 is 0 Å². The summed E-state index contributed by atoms with van der Waals surface area (Å²) in [5.74, 6) is 1.65. The van der Waals surface area contributed by atoms with E-state index in [1.54, 1.807) is 0 Å². The van der Waals surface area contributed by atoms with Crippen molar-refractivity contribution in [2.75, 3.05) is 0 Å². The molecule has 168 valence electrons. The van der Waals surface area contributed by atoms with Crippen LogP contribution >= 0.6 is 0 Å². The summed E-state index contributed by atoms with van der Waals surface area (Å²) < 4.78 is 2.08. The van der Waals surface area contributed by atoms with Crippen LogP contribution in [0.4, 0.5) is 0 Å². The van der Waals surface area contributed by atoms with E-state index >= 15 is 0 Å². The Labute approximate surface area is 189 Å². The minimum atomic E-state index is -0.234. The van der Waals surface area contributed by atoms with Gasteiger partial charge in [0.2, 0.25) is 0 Å². The summed E-state index contributed by atoms with van der Waals surface area (Å²) in [6.45, 7) is 21.8. The molecule has 0 amide bonds. The summed E-state index contributed by atoms with van der Waals surface area (Å²) in [6, 6.07) is 0. The molecule has 0 saturated heterocycles. The molecule has 0 atom stereocenters. The lowest BCUT2D eigenvalue weighted by Crippen LogP contribution is -2.21. The normalized spacial score (nSPS) is 18.1. The van der Waals surface area contributed by atoms with Crippen LogP contribution in [0.1, 0.15) is 98.7 Å². The second-order valence-electron chi connectivity index (χ2n) is 12.6. The Bertz CT molecular complexity index is 1410. The summed E-state index contributed by atoms with van der Waals surface area (Å²) in [5, 5.41) is 0.824. The summed E-state index contributed by atoms with van der Waals surface area (Å²) in [4.78, 5) is 29.7. The average molecular weight is 432 g/mol. The van der Waals surface area contributed by atoms with Crippen LogP contribution < -0.4 is 0 Å². The van der Waals surface area contributed by atoms with E-state index < -0.39 is 0 Å². The lowest BCUT2D eigenvalue weighted by Gasteiger charge is -2.22. The highest BCUT2D eigenvalue weighted by Gasteiger charge is 2.45. The highest BCUT2D eigenvalue weighted by molar-refractivity contribution is 5.93. The van der Waals surface area contributed by atoms with Crippen LogP contribution in [0, 0.1) is 0 Å². The molecule has 1 aliphatic rings. The monoisotopic (exact) mass is 431 g/mol. The van der Waals surface area contributed by atoms with E-state index in [-0.39, 0.29) is 21.7 Å². The first-order chi connectivity index (χ1) is 14.6. The van der Waals surface area contributed by atoms with Crippen molar-refractivity contribution >= 4 is 28.0 Å². The Morgan fingerprint density at radius 1 is 0.719 bits per heavy atom. The fourth-order valence-corrected chi connectivity index (χ4v) is 5.12. The van der Waals surface area contributed by atoms with Crippen molar-refractivity contribution in [2.45, 2.75) is 97.3 Å². The van der Waals surface area contributed by atoms with E-state index in [0.717, 1.165) is 46.1 Å². The molecule has 32 heavy (non-hydrogen) atoms. The molecule has 0 fully saturated rings. The first kappa shape index (κ1) is 21.2. The van der Waals surface area contributed by atoms with Gasteiger partial charge in [0.05, 0.1) is 16.8 Å². The average Bonchev–Trinajstić information content (AvgIpc) is 3.10. The minimum absolute atomic E-state index is 0.0340. The van der Waals surface area contributed by atoms with Gasteiger partial charge in [-0.15, -0.1) is 0 Å². The quantitative estimate of drug-likeness (QED) is 0.382. The van der Waals surface area contributed by atoms with Gasteiger partial charge < -0.3 is 0 Å². The SMILES string of the molecule is CC(C)(C)c1ncc2c(n1)nc(C(C)(C)C)n1c3nc4c(nc3nc21)C(C)(C)CC4(C)C. The molecule has 0 N–H and O–H groups in total. The van der Waals surface area contributed by atoms with Crippen LogP contribution in [0.5, 0.6) is 0 Å². The van der Waals surface area contributed by atoms with Crippen LogP contribution in [0.15, 0.2) is 6.20 Å². The van der Waals surface area contributed by atoms with E-state index in [4.69, 9.17) is 24.9 Å². The minimum Gasteiger partial charge on any atom is -0.262 e. The van der Waals surface area contributed by atoms with Crippen LogP contribution in [0.2, 0.25) is 0 Å². The molecule has 4 aromatic rings. The highest BCUT2D eigenvalue weighted by atomic mass is 15.2. The molecule has 0 radical (unpaired) electrons. The number of hydrogen-bond donors (Lipinski definition) is 0. The fraction of sp³-hybridized carbons (Fsp3) is 0.600. The molecule has 0 saturated carbocycles. The van der Waals surface area contributed by atoms with Gasteiger partial charge in [-0.25, -0.2) is 29.9 Å². The molecule has 0 spiro atoms. The molecule has 5 rings (SSSR count). The number of rotatable bonds is 0. The third-order valence-electron chi connectivity index (χ3n) is 6.44. The Hall–Kier alpha value is -2.70. The highest BCUT2D eigenvalue weighted by Crippen LogP contribution is 2.48. The fourth-order valence-electron chi connectivity index (χ4n) is 5.12.